The summed E-state index contributed by atoms with van der Waals surface area (Å²) in [4.78, 5) is 0. The molecule has 22 heavy (non-hydrogen) atoms. The highest BCUT2D eigenvalue weighted by Crippen LogP contribution is 2.22. The van der Waals surface area contributed by atoms with E-state index < -0.39 is 0 Å². The van der Waals surface area contributed by atoms with Crippen LogP contribution in [0.25, 0.3) is 0 Å². The second-order valence-corrected chi connectivity index (χ2v) is 6.10. The maximum Gasteiger partial charge on any atom is 0.125 e. The third kappa shape index (κ3) is 4.88. The van der Waals surface area contributed by atoms with Crippen molar-refractivity contribution in [3.05, 3.63) is 64.2 Å². The van der Waals surface area contributed by atoms with Gasteiger partial charge in [0.05, 0.1) is 6.61 Å². The van der Waals surface area contributed by atoms with E-state index in [1.807, 2.05) is 0 Å². The highest BCUT2D eigenvalue weighted by Gasteiger charge is 2.02. The van der Waals surface area contributed by atoms with E-state index in [0.717, 1.165) is 31.9 Å². The van der Waals surface area contributed by atoms with Gasteiger partial charge in [0.25, 0.3) is 0 Å². The Kier molecular flexibility index (Phi) is 6.02. The van der Waals surface area contributed by atoms with Crippen molar-refractivity contribution in [1.29, 1.82) is 0 Å². The molecule has 2 nitrogen and oxygen atoms in total. The monoisotopic (exact) mass is 297 g/mol. The molecule has 0 spiro atoms. The molecule has 2 aromatic rings. The highest BCUT2D eigenvalue weighted by atomic mass is 16.5. The fraction of sp³-hybridized carbons (Fsp3) is 0.400. The van der Waals surface area contributed by atoms with E-state index >= 15 is 0 Å². The van der Waals surface area contributed by atoms with Crippen LogP contribution in [0.15, 0.2) is 36.4 Å². The normalized spacial score (nSPS) is 10.7. The van der Waals surface area contributed by atoms with Crippen molar-refractivity contribution >= 4 is 0 Å². The van der Waals surface area contributed by atoms with Crippen LogP contribution in [0.3, 0.4) is 0 Å². The van der Waals surface area contributed by atoms with Crippen LogP contribution in [-0.4, -0.2) is 13.2 Å². The van der Waals surface area contributed by atoms with Crippen molar-refractivity contribution in [2.45, 2.75) is 40.7 Å². The smallest absolute Gasteiger partial charge is 0.125 e. The number of aryl methyl sites for hydroxylation is 4. The topological polar surface area (TPSA) is 21.3 Å². The number of hydrogen-bond donors (Lipinski definition) is 1. The Morgan fingerprint density at radius 2 is 1.55 bits per heavy atom. The quantitative estimate of drug-likeness (QED) is 0.761. The number of nitrogens with one attached hydrogen (secondary N) is 1. The molecule has 0 fully saturated rings. The summed E-state index contributed by atoms with van der Waals surface area (Å²) >= 11 is 0. The van der Waals surface area contributed by atoms with Gasteiger partial charge in [-0.15, -0.1) is 0 Å². The summed E-state index contributed by atoms with van der Waals surface area (Å²) in [6, 6.07) is 13.0. The molecule has 2 heteroatoms. The lowest BCUT2D eigenvalue weighted by atomic mass is 10.1. The van der Waals surface area contributed by atoms with Gasteiger partial charge in [-0.1, -0.05) is 47.5 Å². The van der Waals surface area contributed by atoms with Gasteiger partial charge in [0, 0.05) is 6.54 Å². The molecule has 0 aromatic heterocycles. The maximum atomic E-state index is 5.92. The number of para-hydroxylation sites is 1. The van der Waals surface area contributed by atoms with Crippen LogP contribution in [0.1, 0.15) is 34.2 Å². The van der Waals surface area contributed by atoms with Crippen LogP contribution in [0, 0.1) is 27.7 Å². The van der Waals surface area contributed by atoms with Gasteiger partial charge in [-0.05, 0) is 57.4 Å². The zero-order valence-corrected chi connectivity index (χ0v) is 14.2. The number of hydrogen-bond acceptors (Lipinski definition) is 2. The van der Waals surface area contributed by atoms with Crippen LogP contribution < -0.4 is 10.1 Å². The van der Waals surface area contributed by atoms with E-state index in [1.165, 1.54) is 27.8 Å². The van der Waals surface area contributed by atoms with Gasteiger partial charge in [-0.25, -0.2) is 0 Å². The second-order valence-electron chi connectivity index (χ2n) is 6.10. The third-order valence-corrected chi connectivity index (χ3v) is 3.76. The molecule has 2 rings (SSSR count). The Labute approximate surface area is 134 Å². The van der Waals surface area contributed by atoms with E-state index in [0.29, 0.717) is 0 Å². The lowest BCUT2D eigenvalue weighted by molar-refractivity contribution is 0.304. The summed E-state index contributed by atoms with van der Waals surface area (Å²) in [5.74, 6) is 1.04. The first kappa shape index (κ1) is 16.6. The van der Waals surface area contributed by atoms with Crippen LogP contribution in [0.5, 0.6) is 5.75 Å². The van der Waals surface area contributed by atoms with Crippen molar-refractivity contribution in [2.75, 3.05) is 13.2 Å². The molecule has 0 heterocycles. The minimum absolute atomic E-state index is 0.755. The number of rotatable bonds is 7. The molecule has 0 bridgehead atoms. The van der Waals surface area contributed by atoms with Crippen LogP contribution in [0.2, 0.25) is 0 Å². The summed E-state index contributed by atoms with van der Waals surface area (Å²) in [6.07, 6.45) is 1.01. The lowest BCUT2D eigenvalue weighted by Crippen LogP contribution is -2.17. The Bertz CT molecular complexity index is 579. The van der Waals surface area contributed by atoms with Crippen molar-refractivity contribution in [2.24, 2.45) is 0 Å². The zero-order valence-electron chi connectivity index (χ0n) is 14.2. The highest BCUT2D eigenvalue weighted by molar-refractivity contribution is 5.39. The third-order valence-electron chi connectivity index (χ3n) is 3.76. The molecule has 0 aliphatic rings. The average molecular weight is 297 g/mol. The van der Waals surface area contributed by atoms with Gasteiger partial charge >= 0.3 is 0 Å². The Morgan fingerprint density at radius 1 is 0.909 bits per heavy atom. The van der Waals surface area contributed by atoms with Crippen LogP contribution in [0.4, 0.5) is 0 Å². The Hall–Kier alpha value is -1.80. The van der Waals surface area contributed by atoms with E-state index in [2.05, 4.69) is 69.4 Å². The molecule has 0 aliphatic heterocycles. The summed E-state index contributed by atoms with van der Waals surface area (Å²) in [5.41, 5.74) is 6.44. The first-order valence-electron chi connectivity index (χ1n) is 8.03. The van der Waals surface area contributed by atoms with Gasteiger partial charge < -0.3 is 10.1 Å². The van der Waals surface area contributed by atoms with Crippen molar-refractivity contribution in [3.8, 4) is 5.75 Å². The van der Waals surface area contributed by atoms with Crippen LogP contribution in [-0.2, 0) is 6.54 Å². The molecule has 0 unspecified atom stereocenters. The Morgan fingerprint density at radius 3 is 2.18 bits per heavy atom. The molecule has 0 atom stereocenters. The minimum Gasteiger partial charge on any atom is -0.493 e. The Balaban J connectivity index is 1.69. The predicted octanol–water partition coefficient (Wildman–Crippen LogP) is 4.48. The minimum atomic E-state index is 0.755. The second kappa shape index (κ2) is 8.00. The lowest BCUT2D eigenvalue weighted by Gasteiger charge is -2.12. The summed E-state index contributed by atoms with van der Waals surface area (Å²) in [7, 11) is 0. The maximum absolute atomic E-state index is 5.92. The largest absolute Gasteiger partial charge is 0.493 e. The SMILES string of the molecule is Cc1cc(C)cc(CNCCCOc2c(C)cccc2C)c1. The summed E-state index contributed by atoms with van der Waals surface area (Å²) < 4.78 is 5.92. The molecule has 118 valence electrons. The molecule has 1 N–H and O–H groups in total. The van der Waals surface area contributed by atoms with Crippen LogP contribution >= 0.6 is 0 Å². The van der Waals surface area contributed by atoms with E-state index in [4.69, 9.17) is 4.74 Å². The summed E-state index contributed by atoms with van der Waals surface area (Å²) in [6.45, 7) is 11.1. The first-order valence-corrected chi connectivity index (χ1v) is 8.03. The van der Waals surface area contributed by atoms with Crippen molar-refractivity contribution in [3.63, 3.8) is 0 Å². The molecule has 0 saturated carbocycles. The standard InChI is InChI=1S/C20H27NO/c1-15-11-16(2)13-19(12-15)14-21-9-6-10-22-20-17(3)7-5-8-18(20)4/h5,7-8,11-13,21H,6,9-10,14H2,1-4H3. The zero-order chi connectivity index (χ0) is 15.9. The number of ether oxygens (including phenoxy) is 1. The average Bonchev–Trinajstić information content (AvgIpc) is 2.44. The van der Waals surface area contributed by atoms with Gasteiger partial charge in [0.15, 0.2) is 0 Å². The molecule has 0 saturated heterocycles. The molecule has 2 aromatic carbocycles. The molecule has 0 aliphatic carbocycles. The van der Waals surface area contributed by atoms with Crippen molar-refractivity contribution in [1.82, 2.24) is 5.32 Å². The predicted molar refractivity (Wildman–Crippen MR) is 93.7 cm³/mol. The van der Waals surface area contributed by atoms with E-state index in [9.17, 15) is 0 Å². The van der Waals surface area contributed by atoms with Crippen molar-refractivity contribution < 1.29 is 4.74 Å². The van der Waals surface area contributed by atoms with Gasteiger partial charge in [-0.2, -0.15) is 0 Å². The fourth-order valence-electron chi connectivity index (χ4n) is 2.80. The molecule has 0 amide bonds. The fourth-order valence-corrected chi connectivity index (χ4v) is 2.80. The molecule has 0 radical (unpaired) electrons. The summed E-state index contributed by atoms with van der Waals surface area (Å²) in [5, 5.41) is 3.49. The first-order chi connectivity index (χ1) is 10.6. The van der Waals surface area contributed by atoms with Gasteiger partial charge in [0.2, 0.25) is 0 Å². The number of benzene rings is 2. The van der Waals surface area contributed by atoms with E-state index in [-0.39, 0.29) is 0 Å². The van der Waals surface area contributed by atoms with Gasteiger partial charge in [0.1, 0.15) is 5.75 Å². The van der Waals surface area contributed by atoms with E-state index in [1.54, 1.807) is 0 Å². The van der Waals surface area contributed by atoms with Gasteiger partial charge in [-0.3, -0.25) is 0 Å². The molecular weight excluding hydrogens is 270 g/mol. The molecular formula is C20H27NO.